The van der Waals surface area contributed by atoms with E-state index >= 15 is 0 Å². The number of amides is 1. The summed E-state index contributed by atoms with van der Waals surface area (Å²) in [4.78, 5) is 18.8. The Balaban J connectivity index is 1.10. The third kappa shape index (κ3) is 4.75. The second-order valence-corrected chi connectivity index (χ2v) is 8.97. The molecular formula is C23H26F3N5O2. The van der Waals surface area contributed by atoms with Crippen LogP contribution in [-0.2, 0) is 17.5 Å². The van der Waals surface area contributed by atoms with Crippen molar-refractivity contribution in [1.82, 2.24) is 20.0 Å². The van der Waals surface area contributed by atoms with Gasteiger partial charge in [-0.15, -0.1) is 10.2 Å². The maximum absolute atomic E-state index is 12.8. The van der Waals surface area contributed by atoms with Gasteiger partial charge in [-0.05, 0) is 37.0 Å². The van der Waals surface area contributed by atoms with Gasteiger partial charge in [0.05, 0.1) is 12.1 Å². The highest BCUT2D eigenvalue weighted by atomic mass is 19.4. The fourth-order valence-corrected chi connectivity index (χ4v) is 4.97. The average molecular weight is 461 g/mol. The molecule has 4 saturated heterocycles. The molecule has 1 amide bonds. The highest BCUT2D eigenvalue weighted by Gasteiger charge is 2.49. The lowest BCUT2D eigenvalue weighted by Crippen LogP contribution is -2.70. The van der Waals surface area contributed by atoms with Crippen molar-refractivity contribution in [2.75, 3.05) is 31.1 Å². The molecule has 33 heavy (non-hydrogen) atoms. The highest BCUT2D eigenvalue weighted by Crippen LogP contribution is 2.35. The smallest absolute Gasteiger partial charge is 0.435 e. The van der Waals surface area contributed by atoms with Gasteiger partial charge in [-0.2, -0.15) is 13.2 Å². The first-order valence-electron chi connectivity index (χ1n) is 11.3. The number of rotatable bonds is 4. The van der Waals surface area contributed by atoms with Crippen molar-refractivity contribution < 1.29 is 22.7 Å². The number of ether oxygens (including phenoxy) is 1. The fraction of sp³-hybridized carbons (Fsp3) is 0.522. The first-order valence-corrected chi connectivity index (χ1v) is 11.3. The molecule has 2 atom stereocenters. The molecule has 0 aliphatic carbocycles. The Hall–Kier alpha value is -2.88. The van der Waals surface area contributed by atoms with Crippen LogP contribution in [0, 0.1) is 0 Å². The molecule has 1 aromatic heterocycles. The van der Waals surface area contributed by atoms with E-state index in [0.29, 0.717) is 18.9 Å². The van der Waals surface area contributed by atoms with E-state index in [1.807, 2.05) is 23.1 Å². The molecule has 0 saturated carbocycles. The predicted octanol–water partition coefficient (Wildman–Crippen LogP) is 3.56. The number of piperidine rings is 2. The average Bonchev–Trinajstić information content (AvgIpc) is 2.80. The number of anilines is 1. The SMILES string of the molecule is O=C(OC1CCN(Cc2ccccc2)CC1)N1C2CC1CN(c1ccc(C(F)(F)F)nn1)C2. The molecule has 4 aliphatic heterocycles. The van der Waals surface area contributed by atoms with Gasteiger partial charge in [-0.1, -0.05) is 30.3 Å². The minimum Gasteiger partial charge on any atom is -0.446 e. The zero-order chi connectivity index (χ0) is 23.0. The van der Waals surface area contributed by atoms with Gasteiger partial charge in [0.25, 0.3) is 0 Å². The van der Waals surface area contributed by atoms with Crippen LogP contribution < -0.4 is 4.90 Å². The number of carbonyl (C=O) groups excluding carboxylic acids is 1. The number of benzene rings is 1. The minimum absolute atomic E-state index is 0.0153. The summed E-state index contributed by atoms with van der Waals surface area (Å²) < 4.78 is 43.9. The van der Waals surface area contributed by atoms with Gasteiger partial charge in [-0.3, -0.25) is 9.80 Å². The van der Waals surface area contributed by atoms with Gasteiger partial charge < -0.3 is 9.64 Å². The van der Waals surface area contributed by atoms with E-state index in [2.05, 4.69) is 27.2 Å². The van der Waals surface area contributed by atoms with Crippen molar-refractivity contribution in [3.63, 3.8) is 0 Å². The first kappa shape index (κ1) is 21.9. The standard InChI is InChI=1S/C23H26F3N5O2/c24-23(25,26)20-6-7-21(28-27-20)30-14-17-12-18(15-30)31(17)22(32)33-19-8-10-29(11-9-19)13-16-4-2-1-3-5-16/h1-7,17-19H,8-15H2. The lowest BCUT2D eigenvalue weighted by atomic mass is 9.88. The Bertz CT molecular complexity index is 952. The topological polar surface area (TPSA) is 61.8 Å². The Morgan fingerprint density at radius 1 is 1.00 bits per heavy atom. The molecule has 2 aromatic rings. The molecule has 6 rings (SSSR count). The zero-order valence-corrected chi connectivity index (χ0v) is 18.1. The van der Waals surface area contributed by atoms with Gasteiger partial charge in [-0.25, -0.2) is 4.79 Å². The largest absolute Gasteiger partial charge is 0.446 e. The number of halogens is 3. The Morgan fingerprint density at radius 3 is 2.30 bits per heavy atom. The molecule has 0 N–H and O–H groups in total. The molecule has 4 aliphatic rings. The summed E-state index contributed by atoms with van der Waals surface area (Å²) in [6.45, 7) is 3.71. The van der Waals surface area contributed by atoms with E-state index in [1.54, 1.807) is 4.90 Å². The first-order chi connectivity index (χ1) is 15.9. The Kier molecular flexibility index (Phi) is 5.86. The van der Waals surface area contributed by atoms with E-state index < -0.39 is 11.9 Å². The second kappa shape index (κ2) is 8.81. The second-order valence-electron chi connectivity index (χ2n) is 8.97. The summed E-state index contributed by atoms with van der Waals surface area (Å²) in [6, 6.07) is 12.6. The van der Waals surface area contributed by atoms with Crippen molar-refractivity contribution in [2.45, 2.75) is 50.2 Å². The van der Waals surface area contributed by atoms with Gasteiger partial charge in [0.2, 0.25) is 0 Å². The molecule has 5 heterocycles. The van der Waals surface area contributed by atoms with Crippen LogP contribution in [0.25, 0.3) is 0 Å². The number of carbonyl (C=O) groups is 1. The van der Waals surface area contributed by atoms with E-state index in [1.165, 1.54) is 11.6 Å². The van der Waals surface area contributed by atoms with Crippen molar-refractivity contribution in [2.24, 2.45) is 0 Å². The number of piperazine rings is 1. The maximum Gasteiger partial charge on any atom is 0.435 e. The number of hydrogen-bond donors (Lipinski definition) is 0. The van der Waals surface area contributed by atoms with E-state index in [-0.39, 0.29) is 24.3 Å². The normalized spacial score (nSPS) is 23.8. The molecular weight excluding hydrogens is 435 g/mol. The number of fused-ring (bicyclic) bond motifs is 2. The van der Waals surface area contributed by atoms with E-state index in [0.717, 1.165) is 45.0 Å². The monoisotopic (exact) mass is 461 g/mol. The lowest BCUT2D eigenvalue weighted by molar-refractivity contribution is -0.141. The van der Waals surface area contributed by atoms with Crippen LogP contribution in [0.15, 0.2) is 42.5 Å². The number of nitrogens with zero attached hydrogens (tertiary/aromatic N) is 5. The van der Waals surface area contributed by atoms with Gasteiger partial charge in [0, 0.05) is 32.7 Å². The molecule has 2 unspecified atom stereocenters. The van der Waals surface area contributed by atoms with Crippen LogP contribution >= 0.6 is 0 Å². The fourth-order valence-electron chi connectivity index (χ4n) is 4.97. The Labute approximate surface area is 190 Å². The predicted molar refractivity (Wildman–Crippen MR) is 115 cm³/mol. The number of likely N-dealkylation sites (tertiary alicyclic amines) is 1. The molecule has 4 fully saturated rings. The number of alkyl halides is 3. The molecule has 0 radical (unpaired) electrons. The van der Waals surface area contributed by atoms with Crippen molar-refractivity contribution >= 4 is 11.9 Å². The molecule has 10 heteroatoms. The third-order valence-electron chi connectivity index (χ3n) is 6.72. The summed E-state index contributed by atoms with van der Waals surface area (Å²) >= 11 is 0. The maximum atomic E-state index is 12.8. The molecule has 0 spiro atoms. The molecule has 1 aromatic carbocycles. The van der Waals surface area contributed by atoms with Crippen LogP contribution in [-0.4, -0.2) is 70.5 Å². The van der Waals surface area contributed by atoms with E-state index in [4.69, 9.17) is 4.74 Å². The lowest BCUT2D eigenvalue weighted by Gasteiger charge is -2.55. The van der Waals surface area contributed by atoms with Crippen molar-refractivity contribution in [3.8, 4) is 0 Å². The summed E-state index contributed by atoms with van der Waals surface area (Å²) in [7, 11) is 0. The summed E-state index contributed by atoms with van der Waals surface area (Å²) in [5.41, 5.74) is 0.275. The van der Waals surface area contributed by atoms with Crippen LogP contribution in [0.2, 0.25) is 0 Å². The van der Waals surface area contributed by atoms with Gasteiger partial charge in [0.15, 0.2) is 11.5 Å². The van der Waals surface area contributed by atoms with Gasteiger partial charge in [0.1, 0.15) is 6.10 Å². The number of hydrogen-bond acceptors (Lipinski definition) is 6. The molecule has 176 valence electrons. The third-order valence-corrected chi connectivity index (χ3v) is 6.72. The quantitative estimate of drug-likeness (QED) is 0.694. The highest BCUT2D eigenvalue weighted by molar-refractivity contribution is 5.71. The zero-order valence-electron chi connectivity index (χ0n) is 18.1. The molecule has 7 nitrogen and oxygen atoms in total. The summed E-state index contributed by atoms with van der Waals surface area (Å²) in [6.07, 6.45) is -2.37. The van der Waals surface area contributed by atoms with Gasteiger partial charge >= 0.3 is 12.3 Å². The Morgan fingerprint density at radius 2 is 1.70 bits per heavy atom. The van der Waals surface area contributed by atoms with E-state index in [9.17, 15) is 18.0 Å². The van der Waals surface area contributed by atoms with Crippen molar-refractivity contribution in [3.05, 3.63) is 53.7 Å². The number of aromatic nitrogens is 2. The summed E-state index contributed by atoms with van der Waals surface area (Å²) in [5, 5.41) is 7.04. The summed E-state index contributed by atoms with van der Waals surface area (Å²) in [5.74, 6) is 0.400. The minimum atomic E-state index is -4.51. The molecule has 2 bridgehead atoms. The van der Waals surface area contributed by atoms with Crippen molar-refractivity contribution in [1.29, 1.82) is 0 Å². The van der Waals surface area contributed by atoms with Crippen LogP contribution in [0.5, 0.6) is 0 Å². The van der Waals surface area contributed by atoms with Crippen LogP contribution in [0.4, 0.5) is 23.8 Å². The van der Waals surface area contributed by atoms with Crippen LogP contribution in [0.3, 0.4) is 0 Å². The van der Waals surface area contributed by atoms with Crippen LogP contribution in [0.1, 0.15) is 30.5 Å².